The van der Waals surface area contributed by atoms with Crippen molar-refractivity contribution >= 4 is 35.2 Å². The van der Waals surface area contributed by atoms with Crippen LogP contribution in [-0.4, -0.2) is 39.9 Å². The van der Waals surface area contributed by atoms with Crippen LogP contribution in [0.25, 0.3) is 6.08 Å². The summed E-state index contributed by atoms with van der Waals surface area (Å²) in [5.41, 5.74) is 0.165. The monoisotopic (exact) mass is 382 g/mol. The number of amides is 1. The summed E-state index contributed by atoms with van der Waals surface area (Å²) in [7, 11) is 0. The Bertz CT molecular complexity index is 708. The number of nitrogens with zero attached hydrogens (tertiary/aromatic N) is 2. The van der Waals surface area contributed by atoms with E-state index in [2.05, 4.69) is 0 Å². The Morgan fingerprint density at radius 2 is 1.77 bits per heavy atom. The highest BCUT2D eigenvalue weighted by molar-refractivity contribution is 6.32. The molecule has 0 spiro atoms. The minimum Gasteiger partial charge on any atom is -0.449 e. The Hall–Kier alpha value is -2.41. The SMILES string of the molecule is CC(OC(=O)/C=C/c1ccc(Cl)c([N+](=O)[O-])c1)C(=O)N(C(C)C)C(C)C. The van der Waals surface area contributed by atoms with Gasteiger partial charge in [0.05, 0.1) is 4.92 Å². The number of halogens is 1. The third kappa shape index (κ3) is 5.84. The normalized spacial score (nSPS) is 12.5. The first-order chi connectivity index (χ1) is 12.0. The highest BCUT2D eigenvalue weighted by Crippen LogP contribution is 2.25. The van der Waals surface area contributed by atoms with E-state index in [4.69, 9.17) is 16.3 Å². The Labute approximate surface area is 157 Å². The van der Waals surface area contributed by atoms with Crippen LogP contribution in [0.2, 0.25) is 5.02 Å². The molecule has 0 N–H and O–H groups in total. The number of ether oxygens (including phenoxy) is 1. The Kier molecular flexibility index (Phi) is 7.76. The minimum absolute atomic E-state index is 0.0106. The molecule has 1 atom stereocenters. The topological polar surface area (TPSA) is 89.7 Å². The van der Waals surface area contributed by atoms with Crippen molar-refractivity contribution in [3.05, 3.63) is 45.0 Å². The summed E-state index contributed by atoms with van der Waals surface area (Å²) in [6, 6.07) is 4.12. The van der Waals surface area contributed by atoms with Gasteiger partial charge in [0.1, 0.15) is 5.02 Å². The van der Waals surface area contributed by atoms with Gasteiger partial charge in [0, 0.05) is 24.2 Å². The third-order valence-corrected chi connectivity index (χ3v) is 3.91. The first-order valence-corrected chi connectivity index (χ1v) is 8.57. The number of nitro groups is 1. The lowest BCUT2D eigenvalue weighted by atomic mass is 10.2. The van der Waals surface area contributed by atoms with Crippen LogP contribution in [0.5, 0.6) is 0 Å². The van der Waals surface area contributed by atoms with Crippen molar-refractivity contribution in [3.8, 4) is 0 Å². The molecular formula is C18H23ClN2O5. The number of carbonyl (C=O) groups is 2. The molecule has 0 aliphatic heterocycles. The Balaban J connectivity index is 2.80. The molecule has 0 saturated heterocycles. The summed E-state index contributed by atoms with van der Waals surface area (Å²) in [5, 5.41) is 10.9. The maximum Gasteiger partial charge on any atom is 0.331 e. The second kappa shape index (κ2) is 9.33. The summed E-state index contributed by atoms with van der Waals surface area (Å²) in [5.74, 6) is -0.991. The van der Waals surface area contributed by atoms with E-state index < -0.39 is 17.0 Å². The van der Waals surface area contributed by atoms with E-state index in [1.54, 1.807) is 4.90 Å². The van der Waals surface area contributed by atoms with Gasteiger partial charge < -0.3 is 9.64 Å². The van der Waals surface area contributed by atoms with Gasteiger partial charge in [-0.3, -0.25) is 14.9 Å². The van der Waals surface area contributed by atoms with Crippen molar-refractivity contribution in [2.24, 2.45) is 0 Å². The zero-order valence-electron chi connectivity index (χ0n) is 15.4. The lowest BCUT2D eigenvalue weighted by Crippen LogP contribution is -2.47. The van der Waals surface area contributed by atoms with Gasteiger partial charge in [0.15, 0.2) is 6.10 Å². The zero-order valence-corrected chi connectivity index (χ0v) is 16.2. The van der Waals surface area contributed by atoms with Crippen LogP contribution in [0.4, 0.5) is 5.69 Å². The van der Waals surface area contributed by atoms with Crippen molar-refractivity contribution < 1.29 is 19.2 Å². The highest BCUT2D eigenvalue weighted by Gasteiger charge is 2.27. The third-order valence-electron chi connectivity index (χ3n) is 3.59. The predicted molar refractivity (Wildman–Crippen MR) is 99.8 cm³/mol. The first kappa shape index (κ1) is 21.6. The number of hydrogen-bond acceptors (Lipinski definition) is 5. The van der Waals surface area contributed by atoms with E-state index >= 15 is 0 Å². The Morgan fingerprint density at radius 3 is 2.27 bits per heavy atom. The molecule has 1 rings (SSSR count). The van der Waals surface area contributed by atoms with Crippen LogP contribution in [0.3, 0.4) is 0 Å². The van der Waals surface area contributed by atoms with Crippen LogP contribution in [0.1, 0.15) is 40.2 Å². The second-order valence-electron chi connectivity index (χ2n) is 6.31. The second-order valence-corrected chi connectivity index (χ2v) is 6.72. The zero-order chi connectivity index (χ0) is 20.0. The fourth-order valence-corrected chi connectivity index (χ4v) is 2.70. The molecule has 0 bridgehead atoms. The van der Waals surface area contributed by atoms with Gasteiger partial charge >= 0.3 is 5.97 Å². The maximum absolute atomic E-state index is 12.4. The molecule has 0 fully saturated rings. The van der Waals surface area contributed by atoms with Crippen molar-refractivity contribution in [1.29, 1.82) is 0 Å². The molecule has 0 heterocycles. The predicted octanol–water partition coefficient (Wildman–Crippen LogP) is 3.84. The van der Waals surface area contributed by atoms with E-state index in [-0.39, 0.29) is 28.7 Å². The average Bonchev–Trinajstić information content (AvgIpc) is 2.52. The van der Waals surface area contributed by atoms with E-state index in [9.17, 15) is 19.7 Å². The van der Waals surface area contributed by atoms with Gasteiger partial charge in [-0.2, -0.15) is 0 Å². The van der Waals surface area contributed by atoms with Crippen LogP contribution < -0.4 is 0 Å². The van der Waals surface area contributed by atoms with Gasteiger partial charge in [0.2, 0.25) is 0 Å². The molecule has 0 radical (unpaired) electrons. The average molecular weight is 383 g/mol. The highest BCUT2D eigenvalue weighted by atomic mass is 35.5. The van der Waals surface area contributed by atoms with Crippen molar-refractivity contribution in [2.75, 3.05) is 0 Å². The molecule has 1 aromatic rings. The molecule has 0 aromatic heterocycles. The lowest BCUT2D eigenvalue weighted by molar-refractivity contribution is -0.384. The van der Waals surface area contributed by atoms with Crippen LogP contribution >= 0.6 is 11.6 Å². The first-order valence-electron chi connectivity index (χ1n) is 8.19. The van der Waals surface area contributed by atoms with E-state index in [0.29, 0.717) is 5.56 Å². The molecule has 7 nitrogen and oxygen atoms in total. The maximum atomic E-state index is 12.4. The quantitative estimate of drug-likeness (QED) is 0.309. The smallest absolute Gasteiger partial charge is 0.331 e. The largest absolute Gasteiger partial charge is 0.449 e. The number of rotatable bonds is 7. The van der Waals surface area contributed by atoms with Crippen molar-refractivity contribution in [2.45, 2.75) is 52.8 Å². The summed E-state index contributed by atoms with van der Waals surface area (Å²) in [4.78, 5) is 36.3. The number of carbonyl (C=O) groups excluding carboxylic acids is 2. The van der Waals surface area contributed by atoms with Gasteiger partial charge in [-0.05, 0) is 52.3 Å². The summed E-state index contributed by atoms with van der Waals surface area (Å²) >= 11 is 5.74. The molecule has 0 aliphatic carbocycles. The van der Waals surface area contributed by atoms with E-state index in [1.165, 1.54) is 31.2 Å². The molecular weight excluding hydrogens is 360 g/mol. The van der Waals surface area contributed by atoms with Crippen LogP contribution in [-0.2, 0) is 14.3 Å². The van der Waals surface area contributed by atoms with Crippen LogP contribution in [0, 0.1) is 10.1 Å². The fourth-order valence-electron chi connectivity index (χ4n) is 2.52. The van der Waals surface area contributed by atoms with Gasteiger partial charge in [0.25, 0.3) is 11.6 Å². The van der Waals surface area contributed by atoms with Gasteiger partial charge in [-0.25, -0.2) is 4.79 Å². The molecule has 1 unspecified atom stereocenters. The van der Waals surface area contributed by atoms with E-state index in [0.717, 1.165) is 6.08 Å². The molecule has 26 heavy (non-hydrogen) atoms. The number of nitro benzene ring substituents is 1. The summed E-state index contributed by atoms with van der Waals surface area (Å²) in [6.45, 7) is 9.07. The number of benzene rings is 1. The lowest BCUT2D eigenvalue weighted by Gasteiger charge is -2.32. The van der Waals surface area contributed by atoms with Gasteiger partial charge in [-0.1, -0.05) is 17.7 Å². The molecule has 142 valence electrons. The summed E-state index contributed by atoms with van der Waals surface area (Å²) in [6.07, 6.45) is 1.55. The number of hydrogen-bond donors (Lipinski definition) is 0. The van der Waals surface area contributed by atoms with Crippen LogP contribution in [0.15, 0.2) is 24.3 Å². The minimum atomic E-state index is -0.934. The summed E-state index contributed by atoms with van der Waals surface area (Å²) < 4.78 is 5.14. The van der Waals surface area contributed by atoms with E-state index in [1.807, 2.05) is 27.7 Å². The molecule has 1 aromatic carbocycles. The van der Waals surface area contributed by atoms with Gasteiger partial charge in [-0.15, -0.1) is 0 Å². The van der Waals surface area contributed by atoms with Crippen molar-refractivity contribution in [1.82, 2.24) is 4.90 Å². The molecule has 0 aliphatic rings. The molecule has 0 saturated carbocycles. The fraction of sp³-hybridized carbons (Fsp3) is 0.444. The molecule has 8 heteroatoms. The molecule has 1 amide bonds. The Morgan fingerprint density at radius 1 is 1.19 bits per heavy atom. The number of esters is 1. The standard InChI is InChI=1S/C18H23ClN2O5/c1-11(2)20(12(3)4)18(23)13(5)26-17(22)9-7-14-6-8-15(19)16(10-14)21(24)25/h6-13H,1-5H3/b9-7+. The van der Waals surface area contributed by atoms with Crippen molar-refractivity contribution in [3.63, 3.8) is 0 Å².